The lowest BCUT2D eigenvalue weighted by molar-refractivity contribution is 0.0798. The summed E-state index contributed by atoms with van der Waals surface area (Å²) in [6, 6.07) is 18.4. The van der Waals surface area contributed by atoms with Crippen LogP contribution in [0, 0.1) is 6.92 Å². The monoisotopic (exact) mass is 483 g/mol. The molecule has 33 heavy (non-hydrogen) atoms. The van der Waals surface area contributed by atoms with Crippen LogP contribution in [0.2, 0.25) is 0 Å². The number of nitrogens with zero attached hydrogens (tertiary/aromatic N) is 3. The van der Waals surface area contributed by atoms with Crippen molar-refractivity contribution in [2.75, 3.05) is 20.2 Å². The lowest BCUT2D eigenvalue weighted by Gasteiger charge is -2.29. The Morgan fingerprint density at radius 1 is 1.09 bits per heavy atom. The number of likely N-dealkylation sites (N-methyl/N-ethyl adjacent to an activating group) is 1. The molecule has 0 saturated carbocycles. The molecule has 1 atom stereocenters. The van der Waals surface area contributed by atoms with Crippen LogP contribution in [-0.2, 0) is 10.0 Å². The average Bonchev–Trinajstić information content (AvgIpc) is 3.47. The Balaban J connectivity index is 1.34. The van der Waals surface area contributed by atoms with Crippen molar-refractivity contribution >= 4 is 21.4 Å². The zero-order valence-corrected chi connectivity index (χ0v) is 19.6. The molecule has 0 amide bonds. The van der Waals surface area contributed by atoms with Crippen molar-refractivity contribution in [3.05, 3.63) is 65.5 Å². The lowest BCUT2D eigenvalue weighted by Crippen LogP contribution is -2.41. The predicted octanol–water partition coefficient (Wildman–Crippen LogP) is 4.23. The maximum absolute atomic E-state index is 13.3. The van der Waals surface area contributed by atoms with E-state index in [0.29, 0.717) is 27.1 Å². The van der Waals surface area contributed by atoms with Gasteiger partial charge in [-0.1, -0.05) is 47.6 Å². The van der Waals surface area contributed by atoms with Crippen molar-refractivity contribution < 1.29 is 22.4 Å². The standard InChI is InChI=1S/C23H21N3O5S2/c1-15-21(12-20(32-15)23-24-22(25-31-23)16-8-4-3-5-9-16)33(27,28)26(2)13-17-14-29-18-10-6-7-11-19(18)30-17/h3-12,17H,13-14H2,1-2H3/t17-/m0/s1. The molecule has 0 aliphatic carbocycles. The van der Waals surface area contributed by atoms with E-state index in [9.17, 15) is 8.42 Å². The molecule has 4 aromatic rings. The highest BCUT2D eigenvalue weighted by atomic mass is 32.2. The SMILES string of the molecule is Cc1sc(-c2nc(-c3ccccc3)no2)cc1S(=O)(=O)N(C)C[C@H]1COc2ccccc2O1. The van der Waals surface area contributed by atoms with Gasteiger partial charge in [0, 0.05) is 17.5 Å². The van der Waals surface area contributed by atoms with E-state index in [0.717, 1.165) is 5.56 Å². The second-order valence-electron chi connectivity index (χ2n) is 7.60. The number of thiophene rings is 1. The van der Waals surface area contributed by atoms with Gasteiger partial charge in [0.15, 0.2) is 11.5 Å². The van der Waals surface area contributed by atoms with E-state index in [1.807, 2.05) is 48.5 Å². The average molecular weight is 484 g/mol. The number of benzene rings is 2. The van der Waals surface area contributed by atoms with Gasteiger partial charge in [0.05, 0.1) is 16.3 Å². The summed E-state index contributed by atoms with van der Waals surface area (Å²) in [7, 11) is -2.22. The second-order valence-corrected chi connectivity index (χ2v) is 10.9. The summed E-state index contributed by atoms with van der Waals surface area (Å²) in [5.41, 5.74) is 0.824. The van der Waals surface area contributed by atoms with Gasteiger partial charge in [-0.3, -0.25) is 0 Å². The van der Waals surface area contributed by atoms with E-state index in [1.165, 1.54) is 22.7 Å². The van der Waals surface area contributed by atoms with Crippen molar-refractivity contribution in [1.82, 2.24) is 14.4 Å². The van der Waals surface area contributed by atoms with E-state index in [1.54, 1.807) is 19.1 Å². The number of fused-ring (bicyclic) bond motifs is 1. The van der Waals surface area contributed by atoms with Crippen LogP contribution in [-0.4, -0.2) is 49.2 Å². The molecule has 2 aromatic carbocycles. The number of aromatic nitrogens is 2. The molecule has 2 aromatic heterocycles. The van der Waals surface area contributed by atoms with Crippen LogP contribution >= 0.6 is 11.3 Å². The zero-order chi connectivity index (χ0) is 23.0. The van der Waals surface area contributed by atoms with Crippen LogP contribution in [0.15, 0.2) is 70.1 Å². The molecule has 0 bridgehead atoms. The van der Waals surface area contributed by atoms with Gasteiger partial charge in [-0.05, 0) is 25.1 Å². The number of rotatable bonds is 6. The molecule has 170 valence electrons. The van der Waals surface area contributed by atoms with Crippen LogP contribution in [0.4, 0.5) is 0 Å². The topological polar surface area (TPSA) is 94.8 Å². The first-order valence-corrected chi connectivity index (χ1v) is 12.5. The van der Waals surface area contributed by atoms with Crippen LogP contribution in [0.3, 0.4) is 0 Å². The van der Waals surface area contributed by atoms with Crippen LogP contribution in [0.25, 0.3) is 22.2 Å². The van der Waals surface area contributed by atoms with E-state index in [4.69, 9.17) is 14.0 Å². The lowest BCUT2D eigenvalue weighted by atomic mass is 10.2. The fourth-order valence-electron chi connectivity index (χ4n) is 3.56. The third kappa shape index (κ3) is 4.24. The maximum Gasteiger partial charge on any atom is 0.268 e. The minimum absolute atomic E-state index is 0.153. The summed E-state index contributed by atoms with van der Waals surface area (Å²) >= 11 is 1.30. The molecule has 0 unspecified atom stereocenters. The zero-order valence-electron chi connectivity index (χ0n) is 18.0. The molecule has 1 aliphatic heterocycles. The number of para-hydroxylation sites is 2. The minimum Gasteiger partial charge on any atom is -0.486 e. The van der Waals surface area contributed by atoms with Crippen molar-refractivity contribution in [3.8, 4) is 33.7 Å². The van der Waals surface area contributed by atoms with Crippen molar-refractivity contribution in [1.29, 1.82) is 0 Å². The van der Waals surface area contributed by atoms with E-state index in [-0.39, 0.29) is 23.9 Å². The molecule has 0 radical (unpaired) electrons. The normalized spacial score (nSPS) is 15.7. The van der Waals surface area contributed by atoms with Crippen molar-refractivity contribution in [3.63, 3.8) is 0 Å². The molecule has 0 spiro atoms. The maximum atomic E-state index is 13.3. The predicted molar refractivity (Wildman–Crippen MR) is 124 cm³/mol. The Morgan fingerprint density at radius 2 is 1.82 bits per heavy atom. The smallest absolute Gasteiger partial charge is 0.268 e. The molecule has 0 N–H and O–H groups in total. The van der Waals surface area contributed by atoms with Crippen LogP contribution < -0.4 is 9.47 Å². The van der Waals surface area contributed by atoms with Gasteiger partial charge in [-0.15, -0.1) is 11.3 Å². The summed E-state index contributed by atoms with van der Waals surface area (Å²) < 4.78 is 44.9. The fourth-order valence-corrected chi connectivity index (χ4v) is 6.24. The summed E-state index contributed by atoms with van der Waals surface area (Å²) in [6.07, 6.45) is -0.414. The third-order valence-electron chi connectivity index (χ3n) is 5.26. The summed E-state index contributed by atoms with van der Waals surface area (Å²) in [5, 5.41) is 4.03. The summed E-state index contributed by atoms with van der Waals surface area (Å²) in [4.78, 5) is 5.88. The third-order valence-corrected chi connectivity index (χ3v) is 8.37. The number of sulfonamides is 1. The van der Waals surface area contributed by atoms with Gasteiger partial charge in [0.1, 0.15) is 12.7 Å². The fraction of sp³-hybridized carbons (Fsp3) is 0.217. The number of aryl methyl sites for hydroxylation is 1. The number of hydrogen-bond donors (Lipinski definition) is 0. The molecule has 0 fully saturated rings. The highest BCUT2D eigenvalue weighted by Gasteiger charge is 2.30. The number of hydrogen-bond acceptors (Lipinski definition) is 8. The quantitative estimate of drug-likeness (QED) is 0.405. The molecule has 10 heteroatoms. The van der Waals surface area contributed by atoms with Crippen LogP contribution in [0.5, 0.6) is 11.5 Å². The highest BCUT2D eigenvalue weighted by Crippen LogP contribution is 2.35. The molecule has 3 heterocycles. The first-order valence-electron chi connectivity index (χ1n) is 10.3. The number of ether oxygens (including phenoxy) is 2. The Kier molecular flexibility index (Phi) is 5.65. The van der Waals surface area contributed by atoms with Gasteiger partial charge in [0.25, 0.3) is 5.89 Å². The van der Waals surface area contributed by atoms with E-state index < -0.39 is 16.1 Å². The molecule has 8 nitrogen and oxygen atoms in total. The van der Waals surface area contributed by atoms with Gasteiger partial charge in [0.2, 0.25) is 15.8 Å². The minimum atomic E-state index is -3.76. The summed E-state index contributed by atoms with van der Waals surface area (Å²) in [6.45, 7) is 2.19. The largest absolute Gasteiger partial charge is 0.486 e. The van der Waals surface area contributed by atoms with Gasteiger partial charge >= 0.3 is 0 Å². The van der Waals surface area contributed by atoms with Crippen LogP contribution in [0.1, 0.15) is 4.88 Å². The van der Waals surface area contributed by atoms with Crippen molar-refractivity contribution in [2.45, 2.75) is 17.9 Å². The second kappa shape index (κ2) is 8.62. The van der Waals surface area contributed by atoms with E-state index in [2.05, 4.69) is 10.1 Å². The van der Waals surface area contributed by atoms with E-state index >= 15 is 0 Å². The Morgan fingerprint density at radius 3 is 2.61 bits per heavy atom. The van der Waals surface area contributed by atoms with Crippen molar-refractivity contribution in [2.24, 2.45) is 0 Å². The van der Waals surface area contributed by atoms with Gasteiger partial charge in [-0.25, -0.2) is 8.42 Å². The Labute approximate surface area is 195 Å². The molecular formula is C23H21N3O5S2. The van der Waals surface area contributed by atoms with Gasteiger partial charge < -0.3 is 14.0 Å². The Hall–Kier alpha value is -3.21. The first-order chi connectivity index (χ1) is 15.9. The molecule has 1 aliphatic rings. The highest BCUT2D eigenvalue weighted by molar-refractivity contribution is 7.89. The summed E-state index contributed by atoms with van der Waals surface area (Å²) in [5.74, 6) is 2.01. The molecule has 5 rings (SSSR count). The Bertz CT molecular complexity index is 1380. The van der Waals surface area contributed by atoms with Gasteiger partial charge in [-0.2, -0.15) is 9.29 Å². The molecular weight excluding hydrogens is 462 g/mol. The first kappa shape index (κ1) is 21.6. The molecule has 0 saturated heterocycles.